The van der Waals surface area contributed by atoms with E-state index in [4.69, 9.17) is 23.7 Å². The van der Waals surface area contributed by atoms with Crippen molar-refractivity contribution in [3.63, 3.8) is 0 Å². The third-order valence-corrected chi connectivity index (χ3v) is 9.31. The van der Waals surface area contributed by atoms with Crippen molar-refractivity contribution in [2.75, 3.05) is 6.61 Å². The number of aromatic nitrogens is 1. The number of benzene rings is 1. The van der Waals surface area contributed by atoms with Crippen LogP contribution in [-0.2, 0) is 33.3 Å². The number of nitrogens with zero attached hydrogens (tertiary/aromatic N) is 1. The second kappa shape index (κ2) is 11.3. The molecule has 1 saturated heterocycles. The van der Waals surface area contributed by atoms with Gasteiger partial charge in [0.05, 0.1) is 23.3 Å². The van der Waals surface area contributed by atoms with Crippen molar-refractivity contribution in [1.29, 1.82) is 0 Å². The van der Waals surface area contributed by atoms with Crippen LogP contribution in [0.1, 0.15) is 68.2 Å². The number of esters is 4. The molecule has 1 aliphatic heterocycles. The lowest BCUT2D eigenvalue weighted by molar-refractivity contribution is -0.317. The molecule has 0 unspecified atom stereocenters. The van der Waals surface area contributed by atoms with Crippen molar-refractivity contribution < 1.29 is 48.0 Å². The fourth-order valence-corrected chi connectivity index (χ4v) is 7.66. The lowest BCUT2D eigenvalue weighted by Gasteiger charge is -2.63. The molecule has 3 fully saturated rings. The molecule has 1 spiro atoms. The molecule has 1 aromatic heterocycles. The van der Waals surface area contributed by atoms with Crippen LogP contribution in [0.2, 0.25) is 0 Å². The summed E-state index contributed by atoms with van der Waals surface area (Å²) in [5.41, 5.74) is -3.64. The van der Waals surface area contributed by atoms with Crippen LogP contribution < -0.4 is 0 Å². The molecule has 2 saturated carbocycles. The maximum Gasteiger partial charge on any atom is 0.340 e. The van der Waals surface area contributed by atoms with Gasteiger partial charge in [-0.1, -0.05) is 25.1 Å². The molecule has 0 radical (unpaired) electrons. The van der Waals surface area contributed by atoms with E-state index in [1.807, 2.05) is 20.8 Å². The van der Waals surface area contributed by atoms with Gasteiger partial charge in [-0.15, -0.1) is 0 Å². The van der Waals surface area contributed by atoms with E-state index in [2.05, 4.69) is 4.98 Å². The van der Waals surface area contributed by atoms with Crippen LogP contribution >= 0.6 is 0 Å². The number of fused-ring (bicyclic) bond motifs is 1. The van der Waals surface area contributed by atoms with Gasteiger partial charge in [-0.2, -0.15) is 0 Å². The molecule has 2 aromatic rings. The molecule has 1 aromatic carbocycles. The van der Waals surface area contributed by atoms with Gasteiger partial charge in [0.2, 0.25) is 0 Å². The van der Waals surface area contributed by atoms with Crippen molar-refractivity contribution in [2.24, 2.45) is 17.3 Å². The first-order valence-electron chi connectivity index (χ1n) is 14.4. The molecule has 2 aliphatic carbocycles. The number of hydrogen-bond donors (Lipinski definition) is 1. The Labute approximate surface area is 249 Å². The number of carbonyl (C=O) groups excluding carboxylic acids is 4. The van der Waals surface area contributed by atoms with Gasteiger partial charge < -0.3 is 28.8 Å². The van der Waals surface area contributed by atoms with Crippen LogP contribution in [0.25, 0.3) is 0 Å². The molecular formula is C32H37NO10. The first-order chi connectivity index (χ1) is 20.4. The number of pyridine rings is 1. The molecule has 2 heterocycles. The van der Waals surface area contributed by atoms with Gasteiger partial charge in [-0.25, -0.2) is 9.59 Å². The zero-order valence-electron chi connectivity index (χ0n) is 24.9. The van der Waals surface area contributed by atoms with E-state index in [1.54, 1.807) is 42.5 Å². The summed E-state index contributed by atoms with van der Waals surface area (Å²) >= 11 is 0. The molecule has 2 bridgehead atoms. The Morgan fingerprint density at radius 1 is 0.884 bits per heavy atom. The highest BCUT2D eigenvalue weighted by Gasteiger charge is 2.82. The lowest BCUT2D eigenvalue weighted by Crippen LogP contribution is -2.78. The van der Waals surface area contributed by atoms with Gasteiger partial charge >= 0.3 is 23.9 Å². The van der Waals surface area contributed by atoms with Gasteiger partial charge in [0, 0.05) is 32.2 Å². The average molecular weight is 596 g/mol. The van der Waals surface area contributed by atoms with Gasteiger partial charge in [-0.3, -0.25) is 14.6 Å². The predicted molar refractivity (Wildman–Crippen MR) is 149 cm³/mol. The van der Waals surface area contributed by atoms with E-state index in [1.165, 1.54) is 26.2 Å². The summed E-state index contributed by atoms with van der Waals surface area (Å²) in [7, 11) is 0. The Morgan fingerprint density at radius 2 is 1.51 bits per heavy atom. The normalized spacial score (nSPS) is 33.9. The third-order valence-electron chi connectivity index (χ3n) is 9.31. The maximum absolute atomic E-state index is 13.5. The van der Waals surface area contributed by atoms with Gasteiger partial charge in [0.15, 0.2) is 6.10 Å². The zero-order chi connectivity index (χ0) is 31.2. The highest BCUT2D eigenvalue weighted by Crippen LogP contribution is 2.68. The summed E-state index contributed by atoms with van der Waals surface area (Å²) in [4.78, 5) is 56.0. The van der Waals surface area contributed by atoms with Crippen molar-refractivity contribution in [1.82, 2.24) is 4.98 Å². The van der Waals surface area contributed by atoms with Gasteiger partial charge in [0.1, 0.15) is 29.3 Å². The van der Waals surface area contributed by atoms with E-state index < -0.39 is 83.4 Å². The minimum absolute atomic E-state index is 0.100. The van der Waals surface area contributed by atoms with Crippen molar-refractivity contribution in [2.45, 2.75) is 83.1 Å². The fraction of sp³-hybridized carbons (Fsp3) is 0.531. The molecule has 5 rings (SSSR count). The lowest BCUT2D eigenvalue weighted by atomic mass is 9.48. The van der Waals surface area contributed by atoms with Crippen LogP contribution in [-0.4, -0.2) is 76.2 Å². The highest BCUT2D eigenvalue weighted by atomic mass is 16.6. The van der Waals surface area contributed by atoms with E-state index in [0.717, 1.165) is 0 Å². The zero-order valence-corrected chi connectivity index (χ0v) is 24.9. The highest BCUT2D eigenvalue weighted by molar-refractivity contribution is 5.90. The maximum atomic E-state index is 13.5. The largest absolute Gasteiger partial charge is 0.459 e. The molecule has 11 heteroatoms. The molecule has 3 aliphatic rings. The Bertz CT molecular complexity index is 1380. The van der Waals surface area contributed by atoms with Crippen LogP contribution in [0, 0.1) is 17.3 Å². The summed E-state index contributed by atoms with van der Waals surface area (Å²) in [6.45, 7) is 7.34. The standard InChI is InChI=1S/C32H37NO10/c1-18-14-24(41-28(37)21-10-7-6-8-11-21)27(40-20(3)36)31(17-34)25(42-29(38)22-12-9-13-33-16-22)15-23-26(39-19(2)35)32(18,31)43-30(23,4)5/h6-13,16,18,23-27,34H,14-15,17H2,1-5H3/t18-,23-,24+,25+,26-,27+,31-,32-/m1/s1. The number of aliphatic hydroxyl groups is 1. The van der Waals surface area contributed by atoms with Crippen molar-refractivity contribution in [3.8, 4) is 0 Å². The summed E-state index contributed by atoms with van der Waals surface area (Å²) in [6, 6.07) is 11.5. The van der Waals surface area contributed by atoms with Crippen LogP contribution in [0.3, 0.4) is 0 Å². The topological polar surface area (TPSA) is 148 Å². The summed E-state index contributed by atoms with van der Waals surface area (Å²) < 4.78 is 31.0. The molecule has 8 atom stereocenters. The SMILES string of the molecule is CC(=O)O[C@@H]1[C@H]2C[C@H](OC(=O)c3cccnc3)[C@]3(CO)[C@@H](OC(C)=O)[C@@H](OC(=O)c4ccccc4)C[C@@H](C)[C@@]13OC2(C)C. The Kier molecular flexibility index (Phi) is 8.08. The minimum atomic E-state index is -1.71. The van der Waals surface area contributed by atoms with Crippen LogP contribution in [0.5, 0.6) is 0 Å². The van der Waals surface area contributed by atoms with Gasteiger partial charge in [0.25, 0.3) is 0 Å². The minimum Gasteiger partial charge on any atom is -0.459 e. The Balaban J connectivity index is 1.68. The van der Waals surface area contributed by atoms with E-state index >= 15 is 0 Å². The fourth-order valence-electron chi connectivity index (χ4n) is 7.66. The quantitative estimate of drug-likeness (QED) is 0.371. The number of aliphatic hydroxyl groups excluding tert-OH is 1. The van der Waals surface area contributed by atoms with Gasteiger partial charge in [-0.05, 0) is 56.9 Å². The summed E-state index contributed by atoms with van der Waals surface area (Å²) in [5, 5.41) is 11.5. The molecule has 230 valence electrons. The van der Waals surface area contributed by atoms with E-state index in [0.29, 0.717) is 0 Å². The van der Waals surface area contributed by atoms with E-state index in [9.17, 15) is 24.3 Å². The van der Waals surface area contributed by atoms with Crippen LogP contribution in [0.15, 0.2) is 54.9 Å². The second-order valence-electron chi connectivity index (χ2n) is 12.2. The smallest absolute Gasteiger partial charge is 0.340 e. The first-order valence-corrected chi connectivity index (χ1v) is 14.4. The summed E-state index contributed by atoms with van der Waals surface area (Å²) in [5.74, 6) is -3.60. The number of hydrogen-bond acceptors (Lipinski definition) is 11. The molecule has 11 nitrogen and oxygen atoms in total. The Hall–Kier alpha value is -3.83. The summed E-state index contributed by atoms with van der Waals surface area (Å²) in [6.07, 6.45) is -1.27. The number of rotatable bonds is 7. The molecule has 43 heavy (non-hydrogen) atoms. The van der Waals surface area contributed by atoms with Crippen molar-refractivity contribution >= 4 is 23.9 Å². The molecular weight excluding hydrogens is 558 g/mol. The average Bonchev–Trinajstić information content (AvgIpc) is 3.13. The molecule has 1 N–H and O–H groups in total. The number of ether oxygens (including phenoxy) is 5. The monoisotopic (exact) mass is 595 g/mol. The van der Waals surface area contributed by atoms with Crippen molar-refractivity contribution in [3.05, 3.63) is 66.0 Å². The third kappa shape index (κ3) is 4.98. The predicted octanol–water partition coefficient (Wildman–Crippen LogP) is 3.28. The first kappa shape index (κ1) is 30.6. The Morgan fingerprint density at radius 3 is 2.12 bits per heavy atom. The molecule has 0 amide bonds. The number of carbonyl (C=O) groups is 4. The van der Waals surface area contributed by atoms with E-state index in [-0.39, 0.29) is 24.0 Å². The van der Waals surface area contributed by atoms with Crippen LogP contribution in [0.4, 0.5) is 0 Å². The second-order valence-corrected chi connectivity index (χ2v) is 12.2.